The summed E-state index contributed by atoms with van der Waals surface area (Å²) in [5, 5.41) is 11.9. The molecule has 1 amide bonds. The van der Waals surface area contributed by atoms with E-state index in [1.54, 1.807) is 10.4 Å². The number of rotatable bonds is 16. The molecule has 0 saturated carbocycles. The van der Waals surface area contributed by atoms with Crippen LogP contribution in [0.15, 0.2) is 49.0 Å². The van der Waals surface area contributed by atoms with Gasteiger partial charge in [-0.3, -0.25) is 4.79 Å². The first kappa shape index (κ1) is 40.0. The molecule has 49 heavy (non-hydrogen) atoms. The lowest BCUT2D eigenvalue weighted by Gasteiger charge is -2.34. The second-order valence-electron chi connectivity index (χ2n) is 12.0. The molecule has 4 heterocycles. The second-order valence-corrected chi connectivity index (χ2v) is 19.2. The lowest BCUT2D eigenvalue weighted by Crippen LogP contribution is -2.43. The molecule has 13 nitrogen and oxygen atoms in total. The van der Waals surface area contributed by atoms with Gasteiger partial charge in [-0.25, -0.2) is 26.6 Å². The van der Waals surface area contributed by atoms with Crippen molar-refractivity contribution < 1.29 is 36.3 Å². The van der Waals surface area contributed by atoms with E-state index in [1.165, 1.54) is 18.3 Å². The van der Waals surface area contributed by atoms with Crippen LogP contribution in [-0.4, -0.2) is 88.7 Å². The Morgan fingerprint density at radius 3 is 2.27 bits per heavy atom. The standard InChI is InChI=1S/C30H40Br2ClN5O8S3/c1-2-16-46-30(41)34-11-6-25(29(39)40)36-48(42,43)22-17-24(32)28(35-19-22)37-12-7-20(8-13-37)4-3-5-21-9-14-38(15-10-21)49(44,45)26-18-23(31)27(33)47-26/h2,17-21,25,36H,1,3-16H2,(H,34,41)(H,39,40). The van der Waals surface area contributed by atoms with E-state index < -0.39 is 38.2 Å². The van der Waals surface area contributed by atoms with Crippen molar-refractivity contribution in [2.24, 2.45) is 11.8 Å². The fourth-order valence-electron chi connectivity index (χ4n) is 5.93. The fraction of sp³-hybridized carbons (Fsp3) is 0.567. The number of ether oxygens (including phenoxy) is 1. The van der Waals surface area contributed by atoms with Crippen molar-refractivity contribution in [1.29, 1.82) is 0 Å². The summed E-state index contributed by atoms with van der Waals surface area (Å²) in [6, 6.07) is 1.50. The first-order valence-corrected chi connectivity index (χ1v) is 21.5. The van der Waals surface area contributed by atoms with E-state index in [1.807, 2.05) is 0 Å². The SMILES string of the molecule is C=CCOC(=O)NCCC(NS(=O)(=O)c1cnc(N2CCC(CCCC3CCN(S(=O)(=O)c4cc(Br)c(Cl)s4)CC3)CC2)c(Br)c1)C(=O)O. The minimum Gasteiger partial charge on any atom is -0.480 e. The highest BCUT2D eigenvalue weighted by Gasteiger charge is 2.32. The van der Waals surface area contributed by atoms with Crippen LogP contribution in [-0.2, 0) is 29.6 Å². The molecule has 2 aromatic rings. The Morgan fingerprint density at radius 2 is 1.71 bits per heavy atom. The van der Waals surface area contributed by atoms with Gasteiger partial charge in [-0.2, -0.15) is 9.03 Å². The molecule has 3 N–H and O–H groups in total. The summed E-state index contributed by atoms with van der Waals surface area (Å²) in [5.41, 5.74) is 0. The Bertz CT molecular complexity index is 1680. The number of anilines is 1. The minimum absolute atomic E-state index is 0.0116. The lowest BCUT2D eigenvalue weighted by molar-refractivity contribution is -0.139. The predicted molar refractivity (Wildman–Crippen MR) is 195 cm³/mol. The summed E-state index contributed by atoms with van der Waals surface area (Å²) < 4.78 is 62.3. The van der Waals surface area contributed by atoms with E-state index in [0.717, 1.165) is 69.4 Å². The third-order valence-corrected chi connectivity index (χ3v) is 15.5. The van der Waals surface area contributed by atoms with Crippen LogP contribution >= 0.6 is 54.8 Å². The van der Waals surface area contributed by atoms with Crippen molar-refractivity contribution >= 4 is 92.7 Å². The molecule has 2 saturated heterocycles. The van der Waals surface area contributed by atoms with Crippen LogP contribution < -0.4 is 14.9 Å². The van der Waals surface area contributed by atoms with Crippen molar-refractivity contribution in [2.45, 2.75) is 66.5 Å². The number of amides is 1. The zero-order valence-corrected chi connectivity index (χ0v) is 33.0. The number of alkyl carbamates (subject to hydrolysis) is 1. The Balaban J connectivity index is 1.20. The molecule has 1 unspecified atom stereocenters. The topological polar surface area (TPSA) is 175 Å². The van der Waals surface area contributed by atoms with Crippen LogP contribution in [0.1, 0.15) is 51.4 Å². The quantitative estimate of drug-likeness (QED) is 0.174. The maximum Gasteiger partial charge on any atom is 0.407 e. The first-order valence-electron chi connectivity index (χ1n) is 15.8. The van der Waals surface area contributed by atoms with Gasteiger partial charge in [0.2, 0.25) is 10.0 Å². The summed E-state index contributed by atoms with van der Waals surface area (Å²) in [6.07, 6.45) is 8.53. The van der Waals surface area contributed by atoms with Gasteiger partial charge in [-0.1, -0.05) is 43.5 Å². The number of carbonyl (C=O) groups excluding carboxylic acids is 1. The maximum absolute atomic E-state index is 13.0. The van der Waals surface area contributed by atoms with Gasteiger partial charge in [-0.15, -0.1) is 11.3 Å². The highest BCUT2D eigenvalue weighted by atomic mass is 79.9. The number of halogens is 3. The van der Waals surface area contributed by atoms with Gasteiger partial charge < -0.3 is 20.1 Å². The van der Waals surface area contributed by atoms with Crippen LogP contribution in [0, 0.1) is 11.8 Å². The summed E-state index contributed by atoms with van der Waals surface area (Å²) in [6.45, 7) is 5.86. The number of carboxylic acid groups (broad SMARTS) is 1. The van der Waals surface area contributed by atoms with Gasteiger partial charge in [0.05, 0.1) is 4.47 Å². The number of nitrogens with zero attached hydrogens (tertiary/aromatic N) is 3. The van der Waals surface area contributed by atoms with Crippen molar-refractivity contribution in [3.63, 3.8) is 0 Å². The molecule has 2 aliphatic rings. The molecule has 0 aliphatic carbocycles. The smallest absolute Gasteiger partial charge is 0.407 e. The van der Waals surface area contributed by atoms with Crippen molar-refractivity contribution in [1.82, 2.24) is 19.3 Å². The van der Waals surface area contributed by atoms with Crippen LogP contribution in [0.4, 0.5) is 10.6 Å². The number of carbonyl (C=O) groups is 2. The zero-order chi connectivity index (χ0) is 35.8. The number of pyridine rings is 1. The van der Waals surface area contributed by atoms with Crippen LogP contribution in [0.5, 0.6) is 0 Å². The number of aliphatic carboxylic acids is 1. The molecular weight excluding hydrogens is 850 g/mol. The van der Waals surface area contributed by atoms with E-state index >= 15 is 0 Å². The Kier molecular flexibility index (Phi) is 14.8. The molecule has 2 fully saturated rings. The average Bonchev–Trinajstić information content (AvgIpc) is 3.42. The molecule has 4 rings (SSSR count). The molecule has 1 atom stereocenters. The number of carboxylic acids is 1. The van der Waals surface area contributed by atoms with Gasteiger partial charge >= 0.3 is 12.1 Å². The average molecular weight is 890 g/mol. The van der Waals surface area contributed by atoms with Gasteiger partial charge in [0.25, 0.3) is 10.0 Å². The van der Waals surface area contributed by atoms with Crippen molar-refractivity contribution in [3.8, 4) is 0 Å². The summed E-state index contributed by atoms with van der Waals surface area (Å²) in [7, 11) is -7.76. The molecule has 19 heteroatoms. The van der Waals surface area contributed by atoms with E-state index in [2.05, 4.69) is 58.4 Å². The van der Waals surface area contributed by atoms with E-state index in [4.69, 9.17) is 16.3 Å². The van der Waals surface area contributed by atoms with E-state index in [9.17, 15) is 31.5 Å². The van der Waals surface area contributed by atoms with Gasteiger partial charge in [0.1, 0.15) is 31.9 Å². The highest BCUT2D eigenvalue weighted by molar-refractivity contribution is 9.11. The summed E-state index contributed by atoms with van der Waals surface area (Å²) in [4.78, 5) is 29.6. The summed E-state index contributed by atoms with van der Waals surface area (Å²) in [5.74, 6) is 0.297. The second kappa shape index (κ2) is 18.1. The van der Waals surface area contributed by atoms with E-state index in [-0.39, 0.29) is 28.7 Å². The predicted octanol–water partition coefficient (Wildman–Crippen LogP) is 5.84. The summed E-state index contributed by atoms with van der Waals surface area (Å²) >= 11 is 13.9. The fourth-order valence-corrected chi connectivity index (χ4v) is 11.8. The Hall–Kier alpha value is -1.80. The number of nitrogens with one attached hydrogen (secondary N) is 2. The number of sulfonamides is 2. The molecule has 2 aromatic heterocycles. The maximum atomic E-state index is 13.0. The van der Waals surface area contributed by atoms with Gasteiger partial charge in [0, 0.05) is 43.4 Å². The molecule has 2 aliphatic heterocycles. The zero-order valence-electron chi connectivity index (χ0n) is 26.7. The van der Waals surface area contributed by atoms with E-state index in [0.29, 0.717) is 44.0 Å². The molecular formula is C30H40Br2ClN5O8S3. The number of thiophene rings is 1. The first-order chi connectivity index (χ1) is 23.2. The van der Waals surface area contributed by atoms with Gasteiger partial charge in [0.15, 0.2) is 0 Å². The molecule has 0 bridgehead atoms. The highest BCUT2D eigenvalue weighted by Crippen LogP contribution is 2.37. The van der Waals surface area contributed by atoms with Crippen LogP contribution in [0.2, 0.25) is 4.34 Å². The molecule has 272 valence electrons. The molecule has 0 aromatic carbocycles. The number of hydrogen-bond acceptors (Lipinski definition) is 10. The van der Waals surface area contributed by atoms with Crippen molar-refractivity contribution in [2.75, 3.05) is 44.2 Å². The Morgan fingerprint density at radius 1 is 1.08 bits per heavy atom. The van der Waals surface area contributed by atoms with Crippen LogP contribution in [0.25, 0.3) is 0 Å². The Labute approximate surface area is 313 Å². The van der Waals surface area contributed by atoms with Crippen LogP contribution in [0.3, 0.4) is 0 Å². The minimum atomic E-state index is -4.23. The molecule has 0 spiro atoms. The monoisotopic (exact) mass is 887 g/mol. The number of piperidine rings is 2. The number of aromatic nitrogens is 1. The molecule has 0 radical (unpaired) electrons. The lowest BCUT2D eigenvalue weighted by atomic mass is 9.87. The number of hydrogen-bond donors (Lipinski definition) is 3. The largest absolute Gasteiger partial charge is 0.480 e. The third kappa shape index (κ3) is 11.1. The van der Waals surface area contributed by atoms with Crippen molar-refractivity contribution in [3.05, 3.63) is 44.3 Å². The van der Waals surface area contributed by atoms with Gasteiger partial charge in [-0.05, 0) is 87.9 Å². The third-order valence-electron chi connectivity index (χ3n) is 8.67. The normalized spacial score (nSPS) is 17.5.